The molecule has 1 aromatic rings. The van der Waals surface area contributed by atoms with Crippen LogP contribution in [-0.4, -0.2) is 20.1 Å². The summed E-state index contributed by atoms with van der Waals surface area (Å²) < 4.78 is 39.6. The van der Waals surface area contributed by atoms with Crippen LogP contribution in [0.1, 0.15) is 18.9 Å². The molecular weight excluding hydrogens is 257 g/mol. The van der Waals surface area contributed by atoms with Gasteiger partial charge in [0.15, 0.2) is 0 Å². The van der Waals surface area contributed by atoms with Crippen molar-refractivity contribution >= 4 is 10.0 Å². The van der Waals surface area contributed by atoms with Crippen LogP contribution in [0, 0.1) is 17.7 Å². The highest BCUT2D eigenvalue weighted by molar-refractivity contribution is 7.89. The molecule has 1 aliphatic carbocycles. The summed E-state index contributed by atoms with van der Waals surface area (Å²) in [6.07, 6.45) is 1.01. The number of rotatable bonds is 5. The molecule has 1 fully saturated rings. The molecule has 0 heterocycles. The molecule has 2 N–H and O–H groups in total. The minimum absolute atomic E-state index is 0.182. The van der Waals surface area contributed by atoms with Crippen molar-refractivity contribution in [2.75, 3.05) is 6.54 Å². The zero-order valence-electron chi connectivity index (χ0n) is 10.1. The van der Waals surface area contributed by atoms with Crippen molar-refractivity contribution in [1.29, 1.82) is 0 Å². The Morgan fingerprint density at radius 1 is 1.50 bits per heavy atom. The lowest BCUT2D eigenvalue weighted by Gasteiger charge is -2.10. The molecule has 0 saturated heterocycles. The standard InChI is InChI=1S/C12H16FNO3S/c1-8-4-10(8)6-14-18(16,17)12-5-11(13)3-2-9(12)7-15/h2-3,5,8,10,14-15H,4,6-7H2,1H3. The van der Waals surface area contributed by atoms with E-state index < -0.39 is 22.4 Å². The molecule has 1 saturated carbocycles. The number of benzene rings is 1. The Hall–Kier alpha value is -0.980. The first-order valence-electron chi connectivity index (χ1n) is 5.83. The van der Waals surface area contributed by atoms with Gasteiger partial charge >= 0.3 is 0 Å². The highest BCUT2D eigenvalue weighted by Gasteiger charge is 2.33. The first-order valence-corrected chi connectivity index (χ1v) is 7.31. The number of aliphatic hydroxyl groups excluding tert-OH is 1. The van der Waals surface area contributed by atoms with Gasteiger partial charge in [0.05, 0.1) is 11.5 Å². The fraction of sp³-hybridized carbons (Fsp3) is 0.500. The van der Waals surface area contributed by atoms with Gasteiger partial charge in [0.25, 0.3) is 0 Å². The monoisotopic (exact) mass is 273 g/mol. The maximum absolute atomic E-state index is 13.1. The fourth-order valence-electron chi connectivity index (χ4n) is 1.89. The summed E-state index contributed by atoms with van der Waals surface area (Å²) in [5, 5.41) is 9.09. The quantitative estimate of drug-likeness (QED) is 0.848. The third kappa shape index (κ3) is 2.88. The van der Waals surface area contributed by atoms with E-state index in [-0.39, 0.29) is 10.5 Å². The van der Waals surface area contributed by atoms with E-state index in [0.717, 1.165) is 18.6 Å². The van der Waals surface area contributed by atoms with Gasteiger partial charge in [0.1, 0.15) is 5.82 Å². The zero-order chi connectivity index (χ0) is 13.3. The molecule has 4 nitrogen and oxygen atoms in total. The molecule has 1 aliphatic rings. The maximum atomic E-state index is 13.1. The fourth-order valence-corrected chi connectivity index (χ4v) is 3.22. The minimum Gasteiger partial charge on any atom is -0.392 e. The van der Waals surface area contributed by atoms with Crippen LogP contribution >= 0.6 is 0 Å². The number of nitrogens with one attached hydrogen (secondary N) is 1. The van der Waals surface area contributed by atoms with E-state index in [4.69, 9.17) is 5.11 Å². The van der Waals surface area contributed by atoms with Crippen molar-refractivity contribution in [1.82, 2.24) is 4.72 Å². The second-order valence-corrected chi connectivity index (χ2v) is 6.47. The third-order valence-electron chi connectivity index (χ3n) is 3.30. The Morgan fingerprint density at radius 2 is 2.17 bits per heavy atom. The summed E-state index contributed by atoms with van der Waals surface area (Å²) in [5.41, 5.74) is 0.202. The van der Waals surface area contributed by atoms with Crippen LogP contribution in [-0.2, 0) is 16.6 Å². The summed E-state index contributed by atoms with van der Waals surface area (Å²) in [4.78, 5) is -0.182. The Bertz CT molecular complexity index is 544. The van der Waals surface area contributed by atoms with Crippen LogP contribution < -0.4 is 4.72 Å². The van der Waals surface area contributed by atoms with Crippen molar-refractivity contribution in [3.8, 4) is 0 Å². The van der Waals surface area contributed by atoms with E-state index in [1.165, 1.54) is 6.07 Å². The van der Waals surface area contributed by atoms with E-state index in [1.807, 2.05) is 0 Å². The number of hydrogen-bond donors (Lipinski definition) is 2. The van der Waals surface area contributed by atoms with Gasteiger partial charge < -0.3 is 5.11 Å². The Kier molecular flexibility index (Phi) is 3.70. The first-order chi connectivity index (χ1) is 8.44. The average molecular weight is 273 g/mol. The van der Waals surface area contributed by atoms with E-state index in [9.17, 15) is 12.8 Å². The van der Waals surface area contributed by atoms with Gasteiger partial charge in [-0.2, -0.15) is 0 Å². The van der Waals surface area contributed by atoms with Crippen molar-refractivity contribution in [2.24, 2.45) is 11.8 Å². The predicted molar refractivity (Wildman–Crippen MR) is 64.8 cm³/mol. The second kappa shape index (κ2) is 4.95. The molecule has 2 unspecified atom stereocenters. The molecule has 1 aromatic carbocycles. The van der Waals surface area contributed by atoms with Crippen LogP contribution in [0.25, 0.3) is 0 Å². The van der Waals surface area contributed by atoms with E-state index in [0.29, 0.717) is 18.4 Å². The normalized spacial score (nSPS) is 23.1. The molecule has 100 valence electrons. The molecule has 0 radical (unpaired) electrons. The second-order valence-electron chi connectivity index (χ2n) is 4.74. The van der Waals surface area contributed by atoms with Crippen molar-refractivity contribution in [3.63, 3.8) is 0 Å². The minimum atomic E-state index is -3.75. The summed E-state index contributed by atoms with van der Waals surface area (Å²) >= 11 is 0. The molecule has 0 spiro atoms. The van der Waals surface area contributed by atoms with Gasteiger partial charge in [-0.3, -0.25) is 0 Å². The largest absolute Gasteiger partial charge is 0.392 e. The van der Waals surface area contributed by atoms with E-state index in [1.54, 1.807) is 0 Å². The molecule has 0 aromatic heterocycles. The number of halogens is 1. The Balaban J connectivity index is 2.20. The number of sulfonamides is 1. The highest BCUT2D eigenvalue weighted by Crippen LogP contribution is 2.37. The van der Waals surface area contributed by atoms with Crippen LogP contribution in [0.5, 0.6) is 0 Å². The van der Waals surface area contributed by atoms with Crippen LogP contribution in [0.2, 0.25) is 0 Å². The summed E-state index contributed by atoms with van der Waals surface area (Å²) in [7, 11) is -3.75. The van der Waals surface area contributed by atoms with Crippen molar-refractivity contribution in [3.05, 3.63) is 29.6 Å². The molecular formula is C12H16FNO3S. The van der Waals surface area contributed by atoms with Gasteiger partial charge in [-0.25, -0.2) is 17.5 Å². The molecule has 6 heteroatoms. The van der Waals surface area contributed by atoms with E-state index >= 15 is 0 Å². The molecule has 2 atom stereocenters. The first kappa shape index (κ1) is 13.5. The van der Waals surface area contributed by atoms with Gasteiger partial charge in [-0.05, 0) is 36.0 Å². The maximum Gasteiger partial charge on any atom is 0.241 e. The SMILES string of the molecule is CC1CC1CNS(=O)(=O)c1cc(F)ccc1CO. The molecule has 2 rings (SSSR count). The third-order valence-corrected chi connectivity index (χ3v) is 4.81. The topological polar surface area (TPSA) is 66.4 Å². The summed E-state index contributed by atoms with van der Waals surface area (Å²) in [6.45, 7) is 1.99. The average Bonchev–Trinajstić information content (AvgIpc) is 3.03. The lowest BCUT2D eigenvalue weighted by molar-refractivity contribution is 0.278. The van der Waals surface area contributed by atoms with Gasteiger partial charge in [0, 0.05) is 6.54 Å². The Labute approximate surface area is 106 Å². The molecule has 18 heavy (non-hydrogen) atoms. The van der Waals surface area contributed by atoms with E-state index in [2.05, 4.69) is 11.6 Å². The lowest BCUT2D eigenvalue weighted by Crippen LogP contribution is -2.27. The molecule has 0 bridgehead atoms. The number of aliphatic hydroxyl groups is 1. The predicted octanol–water partition coefficient (Wildman–Crippen LogP) is 1.25. The summed E-state index contributed by atoms with van der Waals surface area (Å²) in [5.74, 6) is 0.274. The highest BCUT2D eigenvalue weighted by atomic mass is 32.2. The molecule has 0 aliphatic heterocycles. The van der Waals surface area contributed by atoms with Crippen molar-refractivity contribution in [2.45, 2.75) is 24.8 Å². The summed E-state index contributed by atoms with van der Waals surface area (Å²) in [6, 6.07) is 3.35. The Morgan fingerprint density at radius 3 is 2.72 bits per heavy atom. The number of hydrogen-bond acceptors (Lipinski definition) is 3. The van der Waals surface area contributed by atoms with Gasteiger partial charge in [-0.15, -0.1) is 0 Å². The zero-order valence-corrected chi connectivity index (χ0v) is 10.9. The lowest BCUT2D eigenvalue weighted by atomic mass is 10.2. The van der Waals surface area contributed by atoms with Gasteiger partial charge in [0.2, 0.25) is 10.0 Å². The van der Waals surface area contributed by atoms with Crippen LogP contribution in [0.15, 0.2) is 23.1 Å². The van der Waals surface area contributed by atoms with Crippen molar-refractivity contribution < 1.29 is 17.9 Å². The van der Waals surface area contributed by atoms with Gasteiger partial charge in [-0.1, -0.05) is 13.0 Å². The van der Waals surface area contributed by atoms with Crippen LogP contribution in [0.3, 0.4) is 0 Å². The molecule has 0 amide bonds. The smallest absolute Gasteiger partial charge is 0.241 e. The van der Waals surface area contributed by atoms with Crippen LogP contribution in [0.4, 0.5) is 4.39 Å².